The van der Waals surface area contributed by atoms with E-state index >= 15 is 0 Å². The van der Waals surface area contributed by atoms with E-state index in [4.69, 9.17) is 5.73 Å². The number of nitrogens with zero attached hydrogens (tertiary/aromatic N) is 1. The first-order valence-electron chi connectivity index (χ1n) is 6.92. The van der Waals surface area contributed by atoms with Gasteiger partial charge in [-0.3, -0.25) is 4.79 Å². The number of nitrogens with two attached hydrogens (primary N) is 1. The van der Waals surface area contributed by atoms with Crippen LogP contribution in [0.2, 0.25) is 0 Å². The summed E-state index contributed by atoms with van der Waals surface area (Å²) in [5.74, 6) is 0.933. The summed E-state index contributed by atoms with van der Waals surface area (Å²) in [4.78, 5) is 14.6. The van der Waals surface area contributed by atoms with E-state index in [9.17, 15) is 4.79 Å². The maximum atomic E-state index is 12.5. The highest BCUT2D eigenvalue weighted by Gasteiger charge is 2.37. The Kier molecular flexibility index (Phi) is 4.35. The molecule has 0 aromatic heterocycles. The fourth-order valence-corrected chi connectivity index (χ4v) is 3.50. The van der Waals surface area contributed by atoms with Gasteiger partial charge in [0, 0.05) is 23.8 Å². The predicted molar refractivity (Wildman–Crippen MR) is 79.5 cm³/mol. The van der Waals surface area contributed by atoms with Crippen molar-refractivity contribution in [2.75, 3.05) is 12.3 Å². The van der Waals surface area contributed by atoms with Crippen molar-refractivity contribution >= 4 is 24.0 Å². The number of halogens is 1. The van der Waals surface area contributed by atoms with Crippen LogP contribution in [0.3, 0.4) is 0 Å². The summed E-state index contributed by atoms with van der Waals surface area (Å²) in [5, 5.41) is 0. The molecule has 0 bridgehead atoms. The van der Waals surface area contributed by atoms with Crippen LogP contribution < -0.4 is 5.73 Å². The zero-order valence-corrected chi connectivity index (χ0v) is 11.9. The van der Waals surface area contributed by atoms with Gasteiger partial charge in [-0.25, -0.2) is 0 Å². The van der Waals surface area contributed by atoms with Gasteiger partial charge >= 0.3 is 0 Å². The van der Waals surface area contributed by atoms with Crippen LogP contribution in [0.4, 0.5) is 5.69 Å². The van der Waals surface area contributed by atoms with E-state index in [-0.39, 0.29) is 18.3 Å². The quantitative estimate of drug-likeness (QED) is 0.804. The van der Waals surface area contributed by atoms with Gasteiger partial charge in [-0.05, 0) is 55.9 Å². The Labute approximate surface area is 120 Å². The third-order valence-electron chi connectivity index (χ3n) is 4.41. The zero-order valence-electron chi connectivity index (χ0n) is 11.0. The van der Waals surface area contributed by atoms with Crippen LogP contribution >= 0.6 is 12.4 Å². The topological polar surface area (TPSA) is 46.3 Å². The molecule has 4 heteroatoms. The van der Waals surface area contributed by atoms with Crippen LogP contribution in [-0.4, -0.2) is 23.4 Å². The fraction of sp³-hybridized carbons (Fsp3) is 0.533. The van der Waals surface area contributed by atoms with Crippen LogP contribution in [0, 0.1) is 5.92 Å². The van der Waals surface area contributed by atoms with Gasteiger partial charge in [0.25, 0.3) is 5.91 Å². The average Bonchev–Trinajstić information content (AvgIpc) is 2.87. The molecule has 1 aromatic rings. The normalized spacial score (nSPS) is 25.6. The Morgan fingerprint density at radius 3 is 2.53 bits per heavy atom. The molecule has 0 radical (unpaired) electrons. The molecule has 2 fully saturated rings. The molecule has 1 saturated carbocycles. The highest BCUT2D eigenvalue weighted by Crippen LogP contribution is 2.37. The molecule has 104 valence electrons. The van der Waals surface area contributed by atoms with Crippen LogP contribution in [0.1, 0.15) is 42.5 Å². The zero-order chi connectivity index (χ0) is 12.5. The van der Waals surface area contributed by atoms with Gasteiger partial charge in [0.1, 0.15) is 0 Å². The number of fused-ring (bicyclic) bond motifs is 1. The highest BCUT2D eigenvalue weighted by molar-refractivity contribution is 5.94. The number of hydrogen-bond acceptors (Lipinski definition) is 2. The van der Waals surface area contributed by atoms with Crippen LogP contribution in [0.25, 0.3) is 0 Å². The number of likely N-dealkylation sites (tertiary alicyclic amines) is 1. The van der Waals surface area contributed by atoms with E-state index in [0.29, 0.717) is 11.7 Å². The number of benzene rings is 1. The lowest BCUT2D eigenvalue weighted by Gasteiger charge is -2.37. The molecule has 1 aliphatic carbocycles. The third kappa shape index (κ3) is 2.71. The summed E-state index contributed by atoms with van der Waals surface area (Å²) < 4.78 is 0. The smallest absolute Gasteiger partial charge is 0.254 e. The highest BCUT2D eigenvalue weighted by atomic mass is 35.5. The van der Waals surface area contributed by atoms with Crippen molar-refractivity contribution < 1.29 is 4.79 Å². The molecule has 2 aliphatic rings. The van der Waals surface area contributed by atoms with Gasteiger partial charge in [-0.15, -0.1) is 12.4 Å². The monoisotopic (exact) mass is 280 g/mol. The molecule has 3 rings (SSSR count). The number of rotatable bonds is 1. The molecule has 2 unspecified atom stereocenters. The van der Waals surface area contributed by atoms with E-state index in [1.807, 2.05) is 24.3 Å². The Morgan fingerprint density at radius 2 is 1.79 bits per heavy atom. The largest absolute Gasteiger partial charge is 0.399 e. The van der Waals surface area contributed by atoms with Crippen molar-refractivity contribution in [3.63, 3.8) is 0 Å². The lowest BCUT2D eigenvalue weighted by Crippen LogP contribution is -2.46. The summed E-state index contributed by atoms with van der Waals surface area (Å²) >= 11 is 0. The molecule has 3 nitrogen and oxygen atoms in total. The van der Waals surface area contributed by atoms with Crippen molar-refractivity contribution in [1.82, 2.24) is 4.90 Å². The Bertz CT molecular complexity index is 446. The molecular formula is C15H21ClN2O. The van der Waals surface area contributed by atoms with Crippen molar-refractivity contribution in [2.45, 2.75) is 38.1 Å². The minimum atomic E-state index is 0. The lowest BCUT2D eigenvalue weighted by atomic mass is 9.91. The van der Waals surface area contributed by atoms with Crippen LogP contribution in [-0.2, 0) is 0 Å². The second kappa shape index (κ2) is 5.83. The van der Waals surface area contributed by atoms with Gasteiger partial charge in [-0.2, -0.15) is 0 Å². The SMILES string of the molecule is Cl.Nc1ccc(C(=O)N2CCCC3CCCC32)cc1. The molecular weight excluding hydrogens is 260 g/mol. The van der Waals surface area contributed by atoms with Crippen LogP contribution in [0.15, 0.2) is 24.3 Å². The molecule has 1 saturated heterocycles. The van der Waals surface area contributed by atoms with E-state index in [1.54, 1.807) is 0 Å². The van der Waals surface area contributed by atoms with E-state index in [2.05, 4.69) is 4.90 Å². The average molecular weight is 281 g/mol. The Morgan fingerprint density at radius 1 is 1.11 bits per heavy atom. The number of anilines is 1. The maximum absolute atomic E-state index is 12.5. The molecule has 0 spiro atoms. The van der Waals surface area contributed by atoms with Crippen molar-refractivity contribution in [2.24, 2.45) is 5.92 Å². The van der Waals surface area contributed by atoms with Crippen molar-refractivity contribution in [3.8, 4) is 0 Å². The predicted octanol–water partition coefficient (Wildman–Crippen LogP) is 3.10. The maximum Gasteiger partial charge on any atom is 0.254 e. The molecule has 1 aliphatic heterocycles. The lowest BCUT2D eigenvalue weighted by molar-refractivity contribution is 0.0548. The number of piperidine rings is 1. The summed E-state index contributed by atoms with van der Waals surface area (Å²) in [6, 6.07) is 7.79. The minimum Gasteiger partial charge on any atom is -0.399 e. The fourth-order valence-electron chi connectivity index (χ4n) is 3.50. The first-order valence-corrected chi connectivity index (χ1v) is 6.92. The number of carbonyl (C=O) groups excluding carboxylic acids is 1. The van der Waals surface area contributed by atoms with Gasteiger partial charge in [-0.1, -0.05) is 6.42 Å². The van der Waals surface area contributed by atoms with Crippen LogP contribution in [0.5, 0.6) is 0 Å². The summed E-state index contributed by atoms with van der Waals surface area (Å²) in [6.07, 6.45) is 6.22. The van der Waals surface area contributed by atoms with E-state index in [0.717, 1.165) is 24.4 Å². The molecule has 19 heavy (non-hydrogen) atoms. The number of carbonyl (C=O) groups is 1. The van der Waals surface area contributed by atoms with E-state index < -0.39 is 0 Å². The van der Waals surface area contributed by atoms with Gasteiger partial charge in [0.2, 0.25) is 0 Å². The summed E-state index contributed by atoms with van der Waals surface area (Å²) in [5.41, 5.74) is 7.15. The van der Waals surface area contributed by atoms with Gasteiger partial charge < -0.3 is 10.6 Å². The van der Waals surface area contributed by atoms with Gasteiger partial charge in [0.05, 0.1) is 0 Å². The second-order valence-corrected chi connectivity index (χ2v) is 5.52. The van der Waals surface area contributed by atoms with Gasteiger partial charge in [0.15, 0.2) is 0 Å². The summed E-state index contributed by atoms with van der Waals surface area (Å²) in [7, 11) is 0. The first kappa shape index (κ1) is 14.2. The Balaban J connectivity index is 0.00000133. The number of nitrogen functional groups attached to an aromatic ring is 1. The first-order chi connectivity index (χ1) is 8.75. The van der Waals surface area contributed by atoms with Crippen molar-refractivity contribution in [1.29, 1.82) is 0 Å². The Hall–Kier alpha value is -1.22. The standard InChI is InChI=1S/C15H20N2O.ClH/c16-13-8-6-12(7-9-13)15(18)17-10-2-4-11-3-1-5-14(11)17;/h6-9,11,14H,1-5,10,16H2;1H. The molecule has 1 aromatic carbocycles. The second-order valence-electron chi connectivity index (χ2n) is 5.52. The molecule has 1 amide bonds. The molecule has 1 heterocycles. The third-order valence-corrected chi connectivity index (χ3v) is 4.41. The van der Waals surface area contributed by atoms with E-state index in [1.165, 1.54) is 25.7 Å². The minimum absolute atomic E-state index is 0. The summed E-state index contributed by atoms with van der Waals surface area (Å²) in [6.45, 7) is 0.921. The molecule has 2 atom stereocenters. The number of amides is 1. The van der Waals surface area contributed by atoms with Crippen molar-refractivity contribution in [3.05, 3.63) is 29.8 Å². The molecule has 2 N–H and O–H groups in total. The number of hydrogen-bond donors (Lipinski definition) is 1.